The molecule has 4 rings (SSSR count). The predicted molar refractivity (Wildman–Crippen MR) is 135 cm³/mol. The van der Waals surface area contributed by atoms with E-state index in [1.807, 2.05) is 29.2 Å². The molecule has 1 saturated heterocycles. The molecule has 194 valence electrons. The lowest BCUT2D eigenvalue weighted by molar-refractivity contribution is -0.146. The number of alkyl halides is 3. The summed E-state index contributed by atoms with van der Waals surface area (Å²) in [6.07, 6.45) is 0.609. The molecule has 1 aliphatic rings. The summed E-state index contributed by atoms with van der Waals surface area (Å²) >= 11 is 0. The van der Waals surface area contributed by atoms with Gasteiger partial charge in [0, 0.05) is 23.7 Å². The van der Waals surface area contributed by atoms with Crippen LogP contribution in [0, 0.1) is 23.7 Å². The summed E-state index contributed by atoms with van der Waals surface area (Å²) in [6.45, 7) is 1.41. The minimum atomic E-state index is -4.41. The summed E-state index contributed by atoms with van der Waals surface area (Å²) in [4.78, 5) is 18.4. The van der Waals surface area contributed by atoms with Crippen molar-refractivity contribution in [3.8, 4) is 17.6 Å². The largest absolute Gasteiger partial charge is 0.497 e. The lowest BCUT2D eigenvalue weighted by Gasteiger charge is -2.35. The van der Waals surface area contributed by atoms with Crippen molar-refractivity contribution in [1.82, 2.24) is 9.88 Å². The molecule has 1 aromatic heterocycles. The fraction of sp³-hybridized carbons (Fsp3) is 0.379. The molecular weight excluding hydrogens is 481 g/mol. The number of aliphatic carboxylic acids is 1. The van der Waals surface area contributed by atoms with Crippen molar-refractivity contribution in [2.75, 3.05) is 26.7 Å². The minimum absolute atomic E-state index is 0.0628. The Kier molecular flexibility index (Phi) is 8.34. The Labute approximate surface area is 214 Å². The van der Waals surface area contributed by atoms with Crippen molar-refractivity contribution >= 4 is 16.9 Å². The van der Waals surface area contributed by atoms with Crippen LogP contribution in [-0.2, 0) is 17.4 Å². The van der Waals surface area contributed by atoms with Crippen LogP contribution in [0.3, 0.4) is 0 Å². The molecule has 0 spiro atoms. The zero-order chi connectivity index (χ0) is 26.4. The molecule has 37 heavy (non-hydrogen) atoms. The molecule has 1 fully saturated rings. The Morgan fingerprint density at radius 3 is 2.81 bits per heavy atom. The average molecular weight is 511 g/mol. The van der Waals surface area contributed by atoms with Crippen LogP contribution >= 0.6 is 0 Å². The Morgan fingerprint density at radius 2 is 2.05 bits per heavy atom. The fourth-order valence-corrected chi connectivity index (χ4v) is 4.95. The van der Waals surface area contributed by atoms with Gasteiger partial charge in [-0.25, -0.2) is 0 Å². The number of hydrogen-bond donors (Lipinski definition) is 1. The van der Waals surface area contributed by atoms with Crippen LogP contribution < -0.4 is 4.74 Å². The number of carboxylic acids is 1. The third-order valence-electron chi connectivity index (χ3n) is 6.94. The summed E-state index contributed by atoms with van der Waals surface area (Å²) in [5.41, 5.74) is 1.63. The topological polar surface area (TPSA) is 62.7 Å². The number of aryl methyl sites for hydroxylation is 1. The van der Waals surface area contributed by atoms with Gasteiger partial charge in [-0.3, -0.25) is 14.7 Å². The molecule has 0 aliphatic carbocycles. The van der Waals surface area contributed by atoms with Crippen molar-refractivity contribution in [2.24, 2.45) is 11.8 Å². The van der Waals surface area contributed by atoms with E-state index in [0.29, 0.717) is 25.2 Å². The Morgan fingerprint density at radius 1 is 1.22 bits per heavy atom. The summed E-state index contributed by atoms with van der Waals surface area (Å²) in [5, 5.41) is 10.9. The third-order valence-corrected chi connectivity index (χ3v) is 6.94. The molecule has 3 aromatic rings. The van der Waals surface area contributed by atoms with Crippen LogP contribution in [0.5, 0.6) is 5.75 Å². The number of methoxy groups -OCH3 is 1. The summed E-state index contributed by atoms with van der Waals surface area (Å²) < 4.78 is 44.0. The van der Waals surface area contributed by atoms with E-state index < -0.39 is 23.6 Å². The van der Waals surface area contributed by atoms with Gasteiger partial charge < -0.3 is 9.84 Å². The number of fused-ring (bicyclic) bond motifs is 1. The summed E-state index contributed by atoms with van der Waals surface area (Å²) in [7, 11) is 1.63. The van der Waals surface area contributed by atoms with Crippen LogP contribution in [0.25, 0.3) is 10.9 Å². The number of hydrogen-bond acceptors (Lipinski definition) is 4. The SMILES string of the molecule is COc1ccc2nccc(CCC[C@@H]3CCN(CC#Cc4cccc(C(F)(F)F)c4)C[C@@H]3C(=O)O)c2c1. The number of halogens is 3. The summed E-state index contributed by atoms with van der Waals surface area (Å²) in [6, 6.07) is 12.7. The van der Waals surface area contributed by atoms with E-state index in [1.165, 1.54) is 12.1 Å². The lowest BCUT2D eigenvalue weighted by atomic mass is 9.81. The highest BCUT2D eigenvalue weighted by atomic mass is 19.4. The molecule has 1 aliphatic heterocycles. The molecule has 0 bridgehead atoms. The quantitative estimate of drug-likeness (QED) is 0.416. The van der Waals surface area contributed by atoms with E-state index in [0.717, 1.165) is 60.0 Å². The monoisotopic (exact) mass is 510 g/mol. The highest BCUT2D eigenvalue weighted by Crippen LogP contribution is 2.31. The van der Waals surface area contributed by atoms with E-state index in [-0.39, 0.29) is 5.92 Å². The van der Waals surface area contributed by atoms with Gasteiger partial charge in [-0.1, -0.05) is 17.9 Å². The first kappa shape index (κ1) is 26.5. The van der Waals surface area contributed by atoms with Gasteiger partial charge in [0.2, 0.25) is 0 Å². The van der Waals surface area contributed by atoms with Crippen molar-refractivity contribution < 1.29 is 27.8 Å². The molecule has 2 heterocycles. The number of piperidine rings is 1. The number of likely N-dealkylation sites (tertiary alicyclic amines) is 1. The van der Waals surface area contributed by atoms with Gasteiger partial charge in [0.1, 0.15) is 5.75 Å². The second kappa shape index (κ2) is 11.7. The van der Waals surface area contributed by atoms with Crippen molar-refractivity contribution in [2.45, 2.75) is 31.9 Å². The number of nitrogens with zero attached hydrogens (tertiary/aromatic N) is 2. The zero-order valence-electron chi connectivity index (χ0n) is 20.6. The number of pyridine rings is 1. The average Bonchev–Trinajstić information content (AvgIpc) is 2.88. The Hall–Kier alpha value is -3.57. The Balaban J connectivity index is 1.34. The maximum absolute atomic E-state index is 12.9. The van der Waals surface area contributed by atoms with E-state index in [1.54, 1.807) is 13.3 Å². The highest BCUT2D eigenvalue weighted by molar-refractivity contribution is 5.83. The Bertz CT molecular complexity index is 1310. The van der Waals surface area contributed by atoms with Gasteiger partial charge in [-0.15, -0.1) is 0 Å². The van der Waals surface area contributed by atoms with Crippen molar-refractivity contribution in [3.63, 3.8) is 0 Å². The number of ether oxygens (including phenoxy) is 1. The molecule has 0 amide bonds. The van der Waals surface area contributed by atoms with E-state index >= 15 is 0 Å². The molecule has 0 unspecified atom stereocenters. The maximum Gasteiger partial charge on any atom is 0.416 e. The molecule has 0 saturated carbocycles. The van der Waals surface area contributed by atoms with E-state index in [4.69, 9.17) is 4.74 Å². The molecule has 0 radical (unpaired) electrons. The predicted octanol–water partition coefficient (Wildman–Crippen LogP) is 5.66. The normalized spacial score (nSPS) is 18.3. The van der Waals surface area contributed by atoms with Crippen LogP contribution in [0.15, 0.2) is 54.7 Å². The number of aromatic nitrogens is 1. The standard InChI is InChI=1S/C29H29F3N2O3/c1-37-24-10-11-27-25(18-24)21(12-14-33-27)7-3-8-22-13-16-34(19-26(22)28(35)36)15-4-6-20-5-2-9-23(17-20)29(30,31)32/h2,5,9-12,14,17-18,22,26H,3,7-8,13,15-16,19H2,1H3,(H,35,36)/t22-,26+/m1/s1. The number of carbonyl (C=O) groups is 1. The van der Waals surface area contributed by atoms with Gasteiger partial charge >= 0.3 is 12.1 Å². The number of benzene rings is 2. The molecule has 5 nitrogen and oxygen atoms in total. The molecule has 1 N–H and O–H groups in total. The maximum atomic E-state index is 12.9. The second-order valence-electron chi connectivity index (χ2n) is 9.35. The lowest BCUT2D eigenvalue weighted by Crippen LogP contribution is -2.44. The van der Waals surface area contributed by atoms with Crippen molar-refractivity contribution in [1.29, 1.82) is 0 Å². The van der Waals surface area contributed by atoms with E-state index in [9.17, 15) is 23.1 Å². The van der Waals surface area contributed by atoms with Crippen LogP contribution in [-0.4, -0.2) is 47.7 Å². The first-order valence-corrected chi connectivity index (χ1v) is 12.3. The first-order chi connectivity index (χ1) is 17.7. The van der Waals surface area contributed by atoms with Gasteiger partial charge in [-0.2, -0.15) is 13.2 Å². The third kappa shape index (κ3) is 6.80. The smallest absolute Gasteiger partial charge is 0.416 e. The molecule has 8 heteroatoms. The van der Waals surface area contributed by atoms with Crippen LogP contribution in [0.2, 0.25) is 0 Å². The fourth-order valence-electron chi connectivity index (χ4n) is 4.95. The molecule has 2 atom stereocenters. The van der Waals surface area contributed by atoms with Gasteiger partial charge in [-0.05, 0) is 86.2 Å². The van der Waals surface area contributed by atoms with E-state index in [2.05, 4.69) is 16.8 Å². The van der Waals surface area contributed by atoms with Gasteiger partial charge in [0.15, 0.2) is 0 Å². The zero-order valence-corrected chi connectivity index (χ0v) is 20.6. The highest BCUT2D eigenvalue weighted by Gasteiger charge is 2.33. The molecular formula is C29H29F3N2O3. The number of rotatable bonds is 7. The summed E-state index contributed by atoms with van der Waals surface area (Å²) in [5.74, 6) is 5.21. The number of carboxylic acid groups (broad SMARTS) is 1. The van der Waals surface area contributed by atoms with Crippen molar-refractivity contribution in [3.05, 3.63) is 71.4 Å². The second-order valence-corrected chi connectivity index (χ2v) is 9.35. The van der Waals surface area contributed by atoms with Gasteiger partial charge in [0.25, 0.3) is 0 Å². The van der Waals surface area contributed by atoms with Crippen LogP contribution in [0.4, 0.5) is 13.2 Å². The van der Waals surface area contributed by atoms with Crippen LogP contribution in [0.1, 0.15) is 36.0 Å². The van der Waals surface area contributed by atoms with Gasteiger partial charge in [0.05, 0.1) is 30.7 Å². The molecule has 2 aromatic carbocycles. The first-order valence-electron chi connectivity index (χ1n) is 12.3. The minimum Gasteiger partial charge on any atom is -0.497 e.